The number of anilines is 1. The van der Waals surface area contributed by atoms with E-state index in [-0.39, 0.29) is 0 Å². The van der Waals surface area contributed by atoms with Gasteiger partial charge in [0, 0.05) is 18.7 Å². The molecule has 108 valence electrons. The van der Waals surface area contributed by atoms with E-state index in [4.69, 9.17) is 16.3 Å². The van der Waals surface area contributed by atoms with Gasteiger partial charge in [0.15, 0.2) is 0 Å². The van der Waals surface area contributed by atoms with E-state index < -0.39 is 0 Å². The number of rotatable bonds is 8. The summed E-state index contributed by atoms with van der Waals surface area (Å²) in [6.45, 7) is 9.96. The van der Waals surface area contributed by atoms with E-state index in [0.717, 1.165) is 37.4 Å². The van der Waals surface area contributed by atoms with E-state index in [1.165, 1.54) is 6.33 Å². The van der Waals surface area contributed by atoms with Crippen LogP contribution < -0.4 is 5.32 Å². The molecule has 0 aromatic carbocycles. The lowest BCUT2D eigenvalue weighted by molar-refractivity contribution is 0.0765. The standard InChI is InChI=1S/C14H24ClN3O/c1-10(2)12-13(15)17-9-18-14(12)16-7-5-6-8-19-11(3)4/h9-11H,5-8H2,1-4H3,(H,16,17,18). The van der Waals surface area contributed by atoms with Crippen LogP contribution in [0.4, 0.5) is 5.82 Å². The van der Waals surface area contributed by atoms with Crippen molar-refractivity contribution in [3.8, 4) is 0 Å². The smallest absolute Gasteiger partial charge is 0.138 e. The van der Waals surface area contributed by atoms with Gasteiger partial charge in [0.25, 0.3) is 0 Å². The number of unbranched alkanes of at least 4 members (excludes halogenated alkanes) is 1. The number of nitrogens with one attached hydrogen (secondary N) is 1. The van der Waals surface area contributed by atoms with E-state index in [0.29, 0.717) is 17.2 Å². The normalized spacial score (nSPS) is 11.3. The number of halogens is 1. The molecule has 0 aliphatic carbocycles. The Morgan fingerprint density at radius 1 is 1.21 bits per heavy atom. The Labute approximate surface area is 120 Å². The molecule has 0 amide bonds. The van der Waals surface area contributed by atoms with Gasteiger partial charge < -0.3 is 10.1 Å². The number of hydrogen-bond donors (Lipinski definition) is 1. The lowest BCUT2D eigenvalue weighted by Gasteiger charge is -2.14. The number of hydrogen-bond acceptors (Lipinski definition) is 4. The summed E-state index contributed by atoms with van der Waals surface area (Å²) in [6, 6.07) is 0. The molecular formula is C14H24ClN3O. The van der Waals surface area contributed by atoms with Gasteiger partial charge in [-0.05, 0) is 32.6 Å². The lowest BCUT2D eigenvalue weighted by atomic mass is 10.1. The Hall–Kier alpha value is -0.870. The second-order valence-corrected chi connectivity index (χ2v) is 5.49. The van der Waals surface area contributed by atoms with E-state index in [9.17, 15) is 0 Å². The summed E-state index contributed by atoms with van der Waals surface area (Å²) < 4.78 is 5.50. The Morgan fingerprint density at radius 3 is 2.58 bits per heavy atom. The van der Waals surface area contributed by atoms with Crippen molar-refractivity contribution in [3.63, 3.8) is 0 Å². The van der Waals surface area contributed by atoms with E-state index in [1.54, 1.807) is 0 Å². The molecule has 0 unspecified atom stereocenters. The van der Waals surface area contributed by atoms with Crippen molar-refractivity contribution >= 4 is 17.4 Å². The van der Waals surface area contributed by atoms with Gasteiger partial charge in [-0.2, -0.15) is 0 Å². The van der Waals surface area contributed by atoms with E-state index >= 15 is 0 Å². The molecule has 1 aromatic heterocycles. The van der Waals surface area contributed by atoms with Gasteiger partial charge in [-0.3, -0.25) is 0 Å². The van der Waals surface area contributed by atoms with Crippen LogP contribution in [0.3, 0.4) is 0 Å². The highest BCUT2D eigenvalue weighted by atomic mass is 35.5. The molecule has 1 rings (SSSR count). The molecule has 1 N–H and O–H groups in total. The summed E-state index contributed by atoms with van der Waals surface area (Å²) in [5.41, 5.74) is 0.989. The molecule has 0 spiro atoms. The van der Waals surface area contributed by atoms with Crippen molar-refractivity contribution < 1.29 is 4.74 Å². The van der Waals surface area contributed by atoms with Crippen LogP contribution in [0.1, 0.15) is 52.0 Å². The molecule has 0 atom stereocenters. The van der Waals surface area contributed by atoms with Crippen molar-refractivity contribution in [1.82, 2.24) is 9.97 Å². The molecule has 1 heterocycles. The third kappa shape index (κ3) is 5.74. The first-order valence-electron chi connectivity index (χ1n) is 6.88. The van der Waals surface area contributed by atoms with Gasteiger partial charge in [-0.1, -0.05) is 25.4 Å². The third-order valence-corrected chi connectivity index (χ3v) is 3.03. The first-order valence-corrected chi connectivity index (χ1v) is 7.26. The largest absolute Gasteiger partial charge is 0.379 e. The summed E-state index contributed by atoms with van der Waals surface area (Å²) in [4.78, 5) is 8.30. The van der Waals surface area contributed by atoms with Crippen LogP contribution >= 0.6 is 11.6 Å². The van der Waals surface area contributed by atoms with Crippen LogP contribution in [0.2, 0.25) is 5.15 Å². The van der Waals surface area contributed by atoms with Crippen molar-refractivity contribution in [1.29, 1.82) is 0 Å². The monoisotopic (exact) mass is 285 g/mol. The van der Waals surface area contributed by atoms with Gasteiger partial charge in [-0.25, -0.2) is 9.97 Å². The summed E-state index contributed by atoms with van der Waals surface area (Å²) >= 11 is 6.11. The fraction of sp³-hybridized carbons (Fsp3) is 0.714. The molecule has 0 saturated heterocycles. The predicted molar refractivity (Wildman–Crippen MR) is 79.9 cm³/mol. The molecule has 0 bridgehead atoms. The highest BCUT2D eigenvalue weighted by molar-refractivity contribution is 6.30. The maximum absolute atomic E-state index is 6.11. The molecule has 0 radical (unpaired) electrons. The van der Waals surface area contributed by atoms with Gasteiger partial charge in [0.1, 0.15) is 17.3 Å². The number of aromatic nitrogens is 2. The molecule has 1 aromatic rings. The average molecular weight is 286 g/mol. The molecule has 0 saturated carbocycles. The van der Waals surface area contributed by atoms with Gasteiger partial charge in [0.05, 0.1) is 6.10 Å². The lowest BCUT2D eigenvalue weighted by Crippen LogP contribution is -2.10. The highest BCUT2D eigenvalue weighted by Gasteiger charge is 2.12. The fourth-order valence-corrected chi connectivity index (χ4v) is 2.13. The molecule has 0 aliphatic rings. The minimum atomic E-state index is 0.306. The number of nitrogens with zero attached hydrogens (tertiary/aromatic N) is 2. The SMILES string of the molecule is CC(C)OCCCCNc1ncnc(Cl)c1C(C)C. The van der Waals surface area contributed by atoms with Crippen LogP contribution in [0, 0.1) is 0 Å². The number of ether oxygens (including phenoxy) is 1. The summed E-state index contributed by atoms with van der Waals surface area (Å²) in [5, 5.41) is 3.87. The van der Waals surface area contributed by atoms with Crippen LogP contribution in [0.25, 0.3) is 0 Å². The van der Waals surface area contributed by atoms with Crippen LogP contribution in [0.5, 0.6) is 0 Å². The molecule has 19 heavy (non-hydrogen) atoms. The maximum Gasteiger partial charge on any atom is 0.138 e. The van der Waals surface area contributed by atoms with Crippen molar-refractivity contribution in [2.75, 3.05) is 18.5 Å². The van der Waals surface area contributed by atoms with Crippen molar-refractivity contribution in [2.24, 2.45) is 0 Å². The van der Waals surface area contributed by atoms with Crippen LogP contribution in [-0.4, -0.2) is 29.2 Å². The quantitative estimate of drug-likeness (QED) is 0.582. The summed E-state index contributed by atoms with van der Waals surface area (Å²) in [5.74, 6) is 1.15. The second-order valence-electron chi connectivity index (χ2n) is 5.13. The van der Waals surface area contributed by atoms with Gasteiger partial charge in [-0.15, -0.1) is 0 Å². The Kier molecular flexibility index (Phi) is 7.10. The minimum Gasteiger partial charge on any atom is -0.379 e. The van der Waals surface area contributed by atoms with Crippen LogP contribution in [0.15, 0.2) is 6.33 Å². The first-order chi connectivity index (χ1) is 9.02. The van der Waals surface area contributed by atoms with E-state index in [2.05, 4.69) is 43.0 Å². The topological polar surface area (TPSA) is 47.0 Å². The summed E-state index contributed by atoms with van der Waals surface area (Å²) in [6.07, 6.45) is 3.90. The van der Waals surface area contributed by atoms with Gasteiger partial charge in [0.2, 0.25) is 0 Å². The zero-order chi connectivity index (χ0) is 14.3. The Bertz CT molecular complexity index is 383. The third-order valence-electron chi connectivity index (χ3n) is 2.73. The minimum absolute atomic E-state index is 0.306. The van der Waals surface area contributed by atoms with Crippen molar-refractivity contribution in [2.45, 2.75) is 52.6 Å². The first kappa shape index (κ1) is 16.2. The molecule has 5 heteroatoms. The molecule has 0 fully saturated rings. The summed E-state index contributed by atoms with van der Waals surface area (Å²) in [7, 11) is 0. The van der Waals surface area contributed by atoms with Gasteiger partial charge >= 0.3 is 0 Å². The molecule has 0 aliphatic heterocycles. The Morgan fingerprint density at radius 2 is 1.95 bits per heavy atom. The fourth-order valence-electron chi connectivity index (χ4n) is 1.78. The average Bonchev–Trinajstić information content (AvgIpc) is 2.32. The second kappa shape index (κ2) is 8.33. The highest BCUT2D eigenvalue weighted by Crippen LogP contribution is 2.27. The predicted octanol–water partition coefficient (Wildman–Crippen LogP) is 3.87. The van der Waals surface area contributed by atoms with Crippen molar-refractivity contribution in [3.05, 3.63) is 17.0 Å². The molecular weight excluding hydrogens is 262 g/mol. The zero-order valence-electron chi connectivity index (χ0n) is 12.2. The zero-order valence-corrected chi connectivity index (χ0v) is 13.0. The Balaban J connectivity index is 2.39. The maximum atomic E-state index is 6.11. The van der Waals surface area contributed by atoms with E-state index in [1.807, 2.05) is 0 Å². The molecule has 4 nitrogen and oxygen atoms in total. The van der Waals surface area contributed by atoms with Crippen LogP contribution in [-0.2, 0) is 4.74 Å².